The second-order valence-corrected chi connectivity index (χ2v) is 6.80. The summed E-state index contributed by atoms with van der Waals surface area (Å²) in [5, 5.41) is 0. The molecule has 0 unspecified atom stereocenters. The third-order valence-electron chi connectivity index (χ3n) is 5.82. The van der Waals surface area contributed by atoms with Crippen LogP contribution in [0.2, 0.25) is 0 Å². The van der Waals surface area contributed by atoms with E-state index in [-0.39, 0.29) is 5.54 Å². The van der Waals surface area contributed by atoms with E-state index in [4.69, 9.17) is 5.73 Å². The van der Waals surface area contributed by atoms with Crippen LogP contribution in [-0.2, 0) is 0 Å². The number of para-hydroxylation sites is 1. The third-order valence-corrected chi connectivity index (χ3v) is 5.82. The smallest absolute Gasteiger partial charge is 0.0366 e. The first-order valence-corrected chi connectivity index (χ1v) is 8.48. The maximum Gasteiger partial charge on any atom is 0.0366 e. The molecule has 2 fully saturated rings. The van der Waals surface area contributed by atoms with Crippen molar-refractivity contribution in [3.63, 3.8) is 0 Å². The first-order chi connectivity index (χ1) is 10.2. The Morgan fingerprint density at radius 1 is 1.14 bits per heavy atom. The van der Waals surface area contributed by atoms with Gasteiger partial charge in [0.2, 0.25) is 0 Å². The standard InChI is InChI=1S/C18H29N3/c1-20(16-7-5-6-8-16)18(15-19)11-13-21(14-12-18)17-9-3-2-4-10-17/h2-4,9-10,16H,5-8,11-15,19H2,1H3. The minimum atomic E-state index is 0.223. The maximum absolute atomic E-state index is 6.23. The number of piperidine rings is 1. The van der Waals surface area contributed by atoms with E-state index in [9.17, 15) is 0 Å². The molecule has 1 aromatic rings. The zero-order valence-electron chi connectivity index (χ0n) is 13.3. The van der Waals surface area contributed by atoms with Crippen LogP contribution < -0.4 is 10.6 Å². The molecule has 3 heteroatoms. The lowest BCUT2D eigenvalue weighted by Crippen LogP contribution is -2.60. The van der Waals surface area contributed by atoms with Crippen LogP contribution in [0.3, 0.4) is 0 Å². The summed E-state index contributed by atoms with van der Waals surface area (Å²) in [4.78, 5) is 5.15. The van der Waals surface area contributed by atoms with Crippen LogP contribution in [0, 0.1) is 0 Å². The van der Waals surface area contributed by atoms with E-state index in [1.807, 2.05) is 0 Å². The second kappa shape index (κ2) is 6.37. The van der Waals surface area contributed by atoms with E-state index in [0.717, 1.165) is 25.7 Å². The summed E-state index contributed by atoms with van der Waals surface area (Å²) in [5.74, 6) is 0. The van der Waals surface area contributed by atoms with Gasteiger partial charge in [0.1, 0.15) is 0 Å². The molecule has 3 rings (SSSR count). The van der Waals surface area contributed by atoms with E-state index in [0.29, 0.717) is 0 Å². The zero-order chi connectivity index (χ0) is 14.7. The Bertz CT molecular complexity index is 431. The monoisotopic (exact) mass is 287 g/mol. The minimum Gasteiger partial charge on any atom is -0.371 e. The predicted octanol–water partition coefficient (Wildman–Crippen LogP) is 2.86. The highest BCUT2D eigenvalue weighted by Gasteiger charge is 2.40. The van der Waals surface area contributed by atoms with E-state index in [2.05, 4.69) is 47.2 Å². The van der Waals surface area contributed by atoms with Crippen LogP contribution in [0.4, 0.5) is 5.69 Å². The van der Waals surface area contributed by atoms with Crippen LogP contribution in [-0.4, -0.2) is 43.2 Å². The molecule has 2 N–H and O–H groups in total. The summed E-state index contributed by atoms with van der Waals surface area (Å²) < 4.78 is 0. The number of nitrogens with two attached hydrogens (primary N) is 1. The fourth-order valence-corrected chi connectivity index (χ4v) is 4.20. The van der Waals surface area contributed by atoms with Crippen molar-refractivity contribution in [2.24, 2.45) is 5.73 Å². The highest BCUT2D eigenvalue weighted by molar-refractivity contribution is 5.46. The predicted molar refractivity (Wildman–Crippen MR) is 89.7 cm³/mol. The zero-order valence-corrected chi connectivity index (χ0v) is 13.3. The van der Waals surface area contributed by atoms with Gasteiger partial charge in [-0.2, -0.15) is 0 Å². The van der Waals surface area contributed by atoms with Gasteiger partial charge >= 0.3 is 0 Å². The molecule has 0 radical (unpaired) electrons. The quantitative estimate of drug-likeness (QED) is 0.924. The van der Waals surface area contributed by atoms with Crippen LogP contribution >= 0.6 is 0 Å². The molecule has 21 heavy (non-hydrogen) atoms. The highest BCUT2D eigenvalue weighted by atomic mass is 15.2. The fourth-order valence-electron chi connectivity index (χ4n) is 4.20. The minimum absolute atomic E-state index is 0.223. The van der Waals surface area contributed by atoms with Gasteiger partial charge < -0.3 is 10.6 Å². The Morgan fingerprint density at radius 2 is 1.76 bits per heavy atom. The van der Waals surface area contributed by atoms with Crippen molar-refractivity contribution in [3.8, 4) is 0 Å². The SMILES string of the molecule is CN(C1CCCC1)C1(CN)CCN(c2ccccc2)CC1. The van der Waals surface area contributed by atoms with Gasteiger partial charge in [-0.3, -0.25) is 4.90 Å². The van der Waals surface area contributed by atoms with Gasteiger partial charge in [0.05, 0.1) is 0 Å². The number of benzene rings is 1. The fraction of sp³-hybridized carbons (Fsp3) is 0.667. The molecule has 1 saturated heterocycles. The molecule has 1 aliphatic heterocycles. The van der Waals surface area contributed by atoms with E-state index < -0.39 is 0 Å². The topological polar surface area (TPSA) is 32.5 Å². The number of hydrogen-bond acceptors (Lipinski definition) is 3. The summed E-state index contributed by atoms with van der Waals surface area (Å²) in [5.41, 5.74) is 7.81. The lowest BCUT2D eigenvalue weighted by molar-refractivity contribution is 0.0565. The average molecular weight is 287 g/mol. The molecule has 0 amide bonds. The van der Waals surface area contributed by atoms with Gasteiger partial charge in [0.15, 0.2) is 0 Å². The highest BCUT2D eigenvalue weighted by Crippen LogP contribution is 2.35. The largest absolute Gasteiger partial charge is 0.371 e. The number of nitrogens with zero attached hydrogens (tertiary/aromatic N) is 2. The van der Waals surface area contributed by atoms with Crippen molar-refractivity contribution in [1.29, 1.82) is 0 Å². The van der Waals surface area contributed by atoms with Crippen molar-refractivity contribution in [2.75, 3.05) is 31.6 Å². The molecule has 0 bridgehead atoms. The Kier molecular flexibility index (Phi) is 4.51. The summed E-state index contributed by atoms with van der Waals surface area (Å²) in [6.45, 7) is 3.04. The van der Waals surface area contributed by atoms with Crippen LogP contribution in [0.15, 0.2) is 30.3 Å². The number of anilines is 1. The van der Waals surface area contributed by atoms with Gasteiger partial charge in [-0.1, -0.05) is 31.0 Å². The Hall–Kier alpha value is -1.06. The number of rotatable bonds is 4. The lowest BCUT2D eigenvalue weighted by Gasteiger charge is -2.49. The molecule has 116 valence electrons. The summed E-state index contributed by atoms with van der Waals surface area (Å²) in [7, 11) is 2.32. The second-order valence-electron chi connectivity index (χ2n) is 6.80. The normalized spacial score (nSPS) is 22.9. The molecule has 0 atom stereocenters. The Morgan fingerprint density at radius 3 is 2.33 bits per heavy atom. The van der Waals surface area contributed by atoms with Crippen molar-refractivity contribution >= 4 is 5.69 Å². The van der Waals surface area contributed by atoms with E-state index >= 15 is 0 Å². The molecule has 2 aliphatic rings. The average Bonchev–Trinajstić information content (AvgIpc) is 3.09. The number of likely N-dealkylation sites (N-methyl/N-ethyl adjacent to an activating group) is 1. The summed E-state index contributed by atoms with van der Waals surface area (Å²) in [6, 6.07) is 11.5. The Labute approximate surface area is 129 Å². The van der Waals surface area contributed by atoms with Crippen molar-refractivity contribution < 1.29 is 0 Å². The number of hydrogen-bond donors (Lipinski definition) is 1. The van der Waals surface area contributed by atoms with E-state index in [1.54, 1.807) is 0 Å². The van der Waals surface area contributed by atoms with Crippen LogP contribution in [0.5, 0.6) is 0 Å². The van der Waals surface area contributed by atoms with Gasteiger partial charge in [0.25, 0.3) is 0 Å². The molecule has 1 saturated carbocycles. The molecule has 0 aromatic heterocycles. The molecule has 1 heterocycles. The van der Waals surface area contributed by atoms with Crippen LogP contribution in [0.25, 0.3) is 0 Å². The Balaban J connectivity index is 1.66. The van der Waals surface area contributed by atoms with Gasteiger partial charge in [-0.15, -0.1) is 0 Å². The van der Waals surface area contributed by atoms with Gasteiger partial charge in [-0.05, 0) is 44.9 Å². The summed E-state index contributed by atoms with van der Waals surface area (Å²) >= 11 is 0. The molecule has 1 aromatic carbocycles. The van der Waals surface area contributed by atoms with Crippen molar-refractivity contribution in [2.45, 2.75) is 50.1 Å². The maximum atomic E-state index is 6.23. The third kappa shape index (κ3) is 2.95. The molecule has 3 nitrogen and oxygen atoms in total. The first-order valence-electron chi connectivity index (χ1n) is 8.48. The molecular weight excluding hydrogens is 258 g/mol. The van der Waals surface area contributed by atoms with Crippen molar-refractivity contribution in [3.05, 3.63) is 30.3 Å². The van der Waals surface area contributed by atoms with Gasteiger partial charge in [-0.25, -0.2) is 0 Å². The molecule has 0 spiro atoms. The lowest BCUT2D eigenvalue weighted by atomic mass is 9.84. The molecule has 1 aliphatic carbocycles. The summed E-state index contributed by atoms with van der Waals surface area (Å²) in [6.07, 6.45) is 7.88. The molecular formula is C18H29N3. The van der Waals surface area contributed by atoms with E-state index in [1.165, 1.54) is 44.2 Å². The first kappa shape index (κ1) is 14.9. The van der Waals surface area contributed by atoms with Crippen LogP contribution in [0.1, 0.15) is 38.5 Å². The van der Waals surface area contributed by atoms with Crippen molar-refractivity contribution in [1.82, 2.24) is 4.90 Å². The van der Waals surface area contributed by atoms with Gasteiger partial charge in [0, 0.05) is 36.9 Å².